The van der Waals surface area contributed by atoms with Gasteiger partial charge >= 0.3 is 5.97 Å². The van der Waals surface area contributed by atoms with E-state index in [0.717, 1.165) is 24.0 Å². The minimum absolute atomic E-state index is 0.276. The van der Waals surface area contributed by atoms with E-state index >= 15 is 0 Å². The second-order valence-corrected chi connectivity index (χ2v) is 8.64. The van der Waals surface area contributed by atoms with Crippen molar-refractivity contribution >= 4 is 17.6 Å². The summed E-state index contributed by atoms with van der Waals surface area (Å²) in [5.41, 5.74) is 1.86. The van der Waals surface area contributed by atoms with Gasteiger partial charge in [-0.05, 0) is 18.4 Å². The van der Waals surface area contributed by atoms with Gasteiger partial charge in [0.2, 0.25) is 0 Å². The highest BCUT2D eigenvalue weighted by atomic mass is 35.5. The lowest BCUT2D eigenvalue weighted by Crippen LogP contribution is -2.64. The van der Waals surface area contributed by atoms with E-state index in [1.807, 2.05) is 66.7 Å². The number of fused-ring (bicyclic) bond motifs is 1. The van der Waals surface area contributed by atoms with Crippen molar-refractivity contribution in [1.29, 1.82) is 0 Å². The maximum absolute atomic E-state index is 12.3. The van der Waals surface area contributed by atoms with Crippen molar-refractivity contribution in [2.24, 2.45) is 0 Å². The fraction of sp³-hybridized carbons (Fsp3) is 0.444. The van der Waals surface area contributed by atoms with Crippen LogP contribution in [0.1, 0.15) is 30.3 Å². The van der Waals surface area contributed by atoms with Crippen LogP contribution < -0.4 is 0 Å². The second-order valence-electron chi connectivity index (χ2n) is 8.37. The number of carbonyl (C=O) groups is 1. The van der Waals surface area contributed by atoms with E-state index in [9.17, 15) is 4.79 Å². The smallest absolute Gasteiger partial charge is 0.321 e. The minimum atomic E-state index is -0.871. The highest BCUT2D eigenvalue weighted by molar-refractivity contribution is 6.26. The van der Waals surface area contributed by atoms with Crippen molar-refractivity contribution in [1.82, 2.24) is 0 Å². The minimum Gasteiger partial charge on any atom is -0.453 e. The fourth-order valence-electron chi connectivity index (χ4n) is 4.15. The quantitative estimate of drug-likeness (QED) is 0.193. The summed E-state index contributed by atoms with van der Waals surface area (Å²) >= 11 is 5.77. The van der Waals surface area contributed by atoms with Gasteiger partial charge in [-0.15, -0.1) is 18.2 Å². The van der Waals surface area contributed by atoms with E-state index in [-0.39, 0.29) is 12.5 Å². The summed E-state index contributed by atoms with van der Waals surface area (Å²) in [7, 11) is 0. The molecule has 8 heteroatoms. The van der Waals surface area contributed by atoms with Crippen LogP contribution >= 0.6 is 11.6 Å². The van der Waals surface area contributed by atoms with Gasteiger partial charge in [-0.25, -0.2) is 0 Å². The molecule has 7 nitrogen and oxygen atoms in total. The van der Waals surface area contributed by atoms with Crippen molar-refractivity contribution in [3.05, 3.63) is 84.4 Å². The second kappa shape index (κ2) is 13.2. The maximum atomic E-state index is 12.3. The van der Waals surface area contributed by atoms with Gasteiger partial charge in [0.05, 0.1) is 19.8 Å². The lowest BCUT2D eigenvalue weighted by atomic mass is 9.97. The molecule has 35 heavy (non-hydrogen) atoms. The average Bonchev–Trinajstić information content (AvgIpc) is 2.91. The Bertz CT molecular complexity index is 926. The summed E-state index contributed by atoms with van der Waals surface area (Å²) in [5, 5.41) is 0. The van der Waals surface area contributed by atoms with Crippen molar-refractivity contribution < 1.29 is 33.2 Å². The zero-order chi connectivity index (χ0) is 24.5. The van der Waals surface area contributed by atoms with Gasteiger partial charge in [-0.2, -0.15) is 0 Å². The molecule has 0 spiro atoms. The van der Waals surface area contributed by atoms with Crippen LogP contribution in [0.15, 0.2) is 73.3 Å². The molecular weight excluding hydrogens is 472 g/mol. The first-order valence-corrected chi connectivity index (χ1v) is 12.3. The zero-order valence-electron chi connectivity index (χ0n) is 19.5. The van der Waals surface area contributed by atoms with Crippen LogP contribution in [0.2, 0.25) is 0 Å². The molecule has 2 saturated heterocycles. The summed E-state index contributed by atoms with van der Waals surface area (Å²) in [5.74, 6) is -0.881. The van der Waals surface area contributed by atoms with Crippen LogP contribution in [0, 0.1) is 0 Å². The summed E-state index contributed by atoms with van der Waals surface area (Å²) in [4.78, 5) is 12.3. The molecule has 2 aliphatic heterocycles. The molecular formula is C27H31ClO7. The predicted molar refractivity (Wildman–Crippen MR) is 130 cm³/mol. The third-order valence-corrected chi connectivity index (χ3v) is 6.07. The Morgan fingerprint density at radius 3 is 2.49 bits per heavy atom. The van der Waals surface area contributed by atoms with Crippen LogP contribution in [-0.2, 0) is 39.8 Å². The summed E-state index contributed by atoms with van der Waals surface area (Å²) < 4.78 is 36.6. The molecule has 0 N–H and O–H groups in total. The highest BCUT2D eigenvalue weighted by Crippen LogP contribution is 2.37. The lowest BCUT2D eigenvalue weighted by molar-refractivity contribution is -0.367. The summed E-state index contributed by atoms with van der Waals surface area (Å²) in [6.07, 6.45) is -0.636. The molecule has 188 valence electrons. The number of esters is 1. The Labute approximate surface area is 210 Å². The Kier molecular flexibility index (Phi) is 9.71. The van der Waals surface area contributed by atoms with Crippen molar-refractivity contribution in [2.45, 2.75) is 56.4 Å². The molecule has 0 radical (unpaired) electrons. The summed E-state index contributed by atoms with van der Waals surface area (Å²) in [6, 6.07) is 19.4. The van der Waals surface area contributed by atoms with Crippen LogP contribution in [0.25, 0.3) is 0 Å². The first-order valence-electron chi connectivity index (χ1n) is 11.8. The van der Waals surface area contributed by atoms with Gasteiger partial charge in [0, 0.05) is 5.56 Å². The van der Waals surface area contributed by atoms with E-state index in [1.165, 1.54) is 0 Å². The largest absolute Gasteiger partial charge is 0.453 e. The fourth-order valence-corrected chi connectivity index (χ4v) is 4.22. The molecule has 4 rings (SSSR count). The van der Waals surface area contributed by atoms with Crippen molar-refractivity contribution in [3.63, 3.8) is 0 Å². The Balaban J connectivity index is 1.57. The Hall–Kier alpha value is -2.26. The number of hydrogen-bond donors (Lipinski definition) is 0. The molecule has 0 bridgehead atoms. The van der Waals surface area contributed by atoms with Crippen LogP contribution in [0.5, 0.6) is 0 Å². The van der Waals surface area contributed by atoms with E-state index in [4.69, 9.17) is 40.0 Å². The van der Waals surface area contributed by atoms with E-state index < -0.39 is 43.0 Å². The Morgan fingerprint density at radius 1 is 1.03 bits per heavy atom. The molecule has 2 fully saturated rings. The molecule has 0 aliphatic carbocycles. The van der Waals surface area contributed by atoms with Gasteiger partial charge in [0.1, 0.15) is 24.2 Å². The molecule has 2 aromatic rings. The molecule has 2 aromatic carbocycles. The van der Waals surface area contributed by atoms with Gasteiger partial charge in [0.25, 0.3) is 0 Å². The number of allylic oxidation sites excluding steroid dienone is 1. The first kappa shape index (κ1) is 25.8. The number of hydrogen-bond acceptors (Lipinski definition) is 7. The first-order chi connectivity index (χ1) is 17.2. The monoisotopic (exact) mass is 502 g/mol. The topological polar surface area (TPSA) is 72.5 Å². The van der Waals surface area contributed by atoms with Crippen LogP contribution in [0.3, 0.4) is 0 Å². The number of alkyl halides is 1. The molecule has 0 amide bonds. The molecule has 0 aromatic heterocycles. The number of unbranched alkanes of at least 4 members (excludes halogenated alkanes) is 1. The molecule has 2 aliphatic rings. The zero-order valence-corrected chi connectivity index (χ0v) is 20.3. The van der Waals surface area contributed by atoms with Gasteiger partial charge < -0.3 is 28.4 Å². The average molecular weight is 503 g/mol. The number of ether oxygens (including phenoxy) is 6. The van der Waals surface area contributed by atoms with E-state index in [1.54, 1.807) is 0 Å². The van der Waals surface area contributed by atoms with Gasteiger partial charge in [-0.3, -0.25) is 4.79 Å². The highest BCUT2D eigenvalue weighted by Gasteiger charge is 2.52. The number of carbonyl (C=O) groups excluding carboxylic acids is 1. The Morgan fingerprint density at radius 2 is 1.77 bits per heavy atom. The third-order valence-electron chi connectivity index (χ3n) is 5.85. The number of benzene rings is 2. The molecule has 2 heterocycles. The normalized spacial score (nSPS) is 28.1. The van der Waals surface area contributed by atoms with Crippen LogP contribution in [-0.4, -0.2) is 55.8 Å². The standard InChI is InChI=1S/C27H31ClO7/c1-2-3-10-15-30-27-25(34-22(29)16-28)24(31-17-19-11-6-4-7-12-19)23-21(33-27)18-32-26(35-23)20-13-8-5-9-14-20/h2,4-9,11-14,21,23-27H,1,3,10,15-18H2/t21-,23-,24+,25+,26-,27+/m1/s1. The predicted octanol–water partition coefficient (Wildman–Crippen LogP) is 4.54. The number of rotatable bonds is 11. The van der Waals surface area contributed by atoms with Gasteiger partial charge in [0.15, 0.2) is 18.7 Å². The summed E-state index contributed by atoms with van der Waals surface area (Å²) in [6.45, 7) is 4.72. The van der Waals surface area contributed by atoms with Crippen molar-refractivity contribution in [3.8, 4) is 0 Å². The van der Waals surface area contributed by atoms with E-state index in [0.29, 0.717) is 13.2 Å². The van der Waals surface area contributed by atoms with Crippen LogP contribution in [0.4, 0.5) is 0 Å². The maximum Gasteiger partial charge on any atom is 0.321 e. The number of halogens is 1. The molecule has 6 atom stereocenters. The van der Waals surface area contributed by atoms with E-state index in [2.05, 4.69) is 6.58 Å². The van der Waals surface area contributed by atoms with Gasteiger partial charge in [-0.1, -0.05) is 66.7 Å². The molecule has 0 unspecified atom stereocenters. The SMILES string of the molecule is C=CCCCO[C@H]1O[C@@H]2CO[C@@H](c3ccccc3)O[C@H]2[C@H](OCc2ccccc2)[C@@H]1OC(=O)CCl. The molecule has 0 saturated carbocycles. The van der Waals surface area contributed by atoms with Crippen molar-refractivity contribution in [2.75, 3.05) is 19.1 Å². The third kappa shape index (κ3) is 6.91. The lowest BCUT2D eigenvalue weighted by Gasteiger charge is -2.48.